The molecule has 3 N–H and O–H groups in total. The summed E-state index contributed by atoms with van der Waals surface area (Å²) >= 11 is 0. The fourth-order valence-electron chi connectivity index (χ4n) is 1.25. The molecule has 0 aromatic heterocycles. The van der Waals surface area contributed by atoms with E-state index in [2.05, 4.69) is 4.52 Å². The molecule has 1 aliphatic rings. The molecule has 5 atom stereocenters. The van der Waals surface area contributed by atoms with Gasteiger partial charge in [0.2, 0.25) is 7.57 Å². The second-order valence-corrected chi connectivity index (χ2v) is 4.61. The second kappa shape index (κ2) is 4.30. The topological polar surface area (TPSA) is 96.2 Å². The van der Waals surface area contributed by atoms with Crippen molar-refractivity contribution in [1.29, 1.82) is 0 Å². The van der Waals surface area contributed by atoms with Crippen LogP contribution < -0.4 is 0 Å². The zero-order chi connectivity index (χ0) is 10.9. The first kappa shape index (κ1) is 12.2. The average Bonchev–Trinajstić information content (AvgIpc) is 2.28. The van der Waals surface area contributed by atoms with Gasteiger partial charge in [-0.05, 0) is 6.92 Å². The molecular weight excluding hydrogens is 210 g/mol. The first-order valence-corrected chi connectivity index (χ1v) is 5.73. The quantitative estimate of drug-likeness (QED) is 0.409. The fourth-order valence-corrected chi connectivity index (χ4v) is 1.61. The van der Waals surface area contributed by atoms with Gasteiger partial charge in [-0.15, -0.1) is 0 Å². The van der Waals surface area contributed by atoms with Crippen molar-refractivity contribution in [2.24, 2.45) is 0 Å². The third kappa shape index (κ3) is 3.05. The van der Waals surface area contributed by atoms with Crippen LogP contribution >= 0.6 is 7.47 Å². The highest BCUT2D eigenvalue weighted by atomic mass is 31.2. The van der Waals surface area contributed by atoms with Crippen molar-refractivity contribution in [1.82, 2.24) is 0 Å². The standard InChI is InChI=1S/C6H12BO6P/c1-3-5(8)6(9)4(13-3)2-12-14(7,10)11/h3-6,8-9H,2H2,1H3,(H,10,11)/t3-,4+,5+,6?/m0/s1. The summed E-state index contributed by atoms with van der Waals surface area (Å²) in [5.74, 6) is 0. The van der Waals surface area contributed by atoms with E-state index in [0.29, 0.717) is 0 Å². The van der Waals surface area contributed by atoms with E-state index in [1.807, 2.05) is 0 Å². The van der Waals surface area contributed by atoms with Gasteiger partial charge in [-0.25, -0.2) is 0 Å². The molecule has 1 fully saturated rings. The molecule has 0 aliphatic carbocycles. The normalized spacial score (nSPS) is 42.3. The first-order valence-electron chi connectivity index (χ1n) is 4.09. The molecule has 0 saturated carbocycles. The van der Waals surface area contributed by atoms with Crippen molar-refractivity contribution < 1.29 is 28.9 Å². The van der Waals surface area contributed by atoms with Crippen LogP contribution in [0.25, 0.3) is 0 Å². The summed E-state index contributed by atoms with van der Waals surface area (Å²) in [6.45, 7) is 1.25. The first-order chi connectivity index (χ1) is 6.31. The molecule has 2 radical (unpaired) electrons. The fraction of sp³-hybridized carbons (Fsp3) is 1.00. The van der Waals surface area contributed by atoms with E-state index in [-0.39, 0.29) is 6.61 Å². The minimum absolute atomic E-state index is 0.327. The van der Waals surface area contributed by atoms with Gasteiger partial charge in [0.05, 0.1) is 12.7 Å². The molecule has 0 bridgehead atoms. The summed E-state index contributed by atoms with van der Waals surface area (Å²) in [4.78, 5) is 8.61. The lowest BCUT2D eigenvalue weighted by molar-refractivity contribution is -0.0120. The summed E-state index contributed by atoms with van der Waals surface area (Å²) in [6.07, 6.45) is -3.51. The molecule has 0 aromatic carbocycles. The van der Waals surface area contributed by atoms with Gasteiger partial charge in [0.1, 0.15) is 18.3 Å². The lowest BCUT2D eigenvalue weighted by Gasteiger charge is -2.16. The van der Waals surface area contributed by atoms with Gasteiger partial charge < -0.3 is 24.4 Å². The number of ether oxygens (including phenoxy) is 1. The second-order valence-electron chi connectivity index (χ2n) is 3.22. The summed E-state index contributed by atoms with van der Waals surface area (Å²) < 4.78 is 20.0. The highest BCUT2D eigenvalue weighted by Crippen LogP contribution is 2.36. The van der Waals surface area contributed by atoms with Gasteiger partial charge in [-0.2, -0.15) is 0 Å². The van der Waals surface area contributed by atoms with Gasteiger partial charge in [0, 0.05) is 0 Å². The highest BCUT2D eigenvalue weighted by Gasteiger charge is 2.40. The molecule has 8 heteroatoms. The van der Waals surface area contributed by atoms with E-state index in [1.165, 1.54) is 0 Å². The van der Waals surface area contributed by atoms with Gasteiger partial charge in [-0.3, -0.25) is 4.57 Å². The molecule has 6 nitrogen and oxygen atoms in total. The molecule has 0 spiro atoms. The molecule has 0 aromatic rings. The van der Waals surface area contributed by atoms with E-state index in [4.69, 9.17) is 17.2 Å². The maximum Gasteiger partial charge on any atom is 0.261 e. The maximum atomic E-state index is 10.6. The van der Waals surface area contributed by atoms with Crippen LogP contribution in [0.1, 0.15) is 6.92 Å². The predicted octanol–water partition coefficient (Wildman–Crippen LogP) is -1.22. The maximum absolute atomic E-state index is 10.6. The number of hydrogen-bond acceptors (Lipinski definition) is 5. The minimum Gasteiger partial charge on any atom is -0.388 e. The van der Waals surface area contributed by atoms with Crippen LogP contribution in [-0.4, -0.2) is 53.7 Å². The highest BCUT2D eigenvalue weighted by molar-refractivity contribution is 7.78. The van der Waals surface area contributed by atoms with E-state index in [1.54, 1.807) is 6.92 Å². The molecule has 14 heavy (non-hydrogen) atoms. The summed E-state index contributed by atoms with van der Waals surface area (Å²) in [5.41, 5.74) is 0. The van der Waals surface area contributed by atoms with Crippen molar-refractivity contribution in [3.05, 3.63) is 0 Å². The lowest BCUT2D eigenvalue weighted by Crippen LogP contribution is -2.33. The van der Waals surface area contributed by atoms with Crippen molar-refractivity contribution in [2.45, 2.75) is 31.3 Å². The van der Waals surface area contributed by atoms with E-state index < -0.39 is 31.9 Å². The Bertz CT molecular complexity index is 242. The van der Waals surface area contributed by atoms with Crippen LogP contribution in [0.15, 0.2) is 0 Å². The largest absolute Gasteiger partial charge is 0.388 e. The van der Waals surface area contributed by atoms with Gasteiger partial charge in [0.25, 0.3) is 7.47 Å². The zero-order valence-corrected chi connectivity index (χ0v) is 8.50. The van der Waals surface area contributed by atoms with Crippen LogP contribution in [0.3, 0.4) is 0 Å². The third-order valence-electron chi connectivity index (χ3n) is 2.02. The number of rotatable bonds is 3. The van der Waals surface area contributed by atoms with Gasteiger partial charge >= 0.3 is 0 Å². The van der Waals surface area contributed by atoms with Crippen LogP contribution in [0.5, 0.6) is 0 Å². The SMILES string of the molecule is [B]P(=O)(O)OC[C@H]1O[C@@H](C)[C@@H](O)C1O. The van der Waals surface area contributed by atoms with Crippen LogP contribution in [0.2, 0.25) is 0 Å². The molecule has 0 amide bonds. The number of aliphatic hydroxyl groups is 2. The average molecular weight is 222 g/mol. The Morgan fingerprint density at radius 3 is 2.43 bits per heavy atom. The van der Waals surface area contributed by atoms with Gasteiger partial charge in [0.15, 0.2) is 0 Å². The van der Waals surface area contributed by atoms with E-state index in [0.717, 1.165) is 0 Å². The van der Waals surface area contributed by atoms with E-state index in [9.17, 15) is 14.8 Å². The van der Waals surface area contributed by atoms with Crippen molar-refractivity contribution in [3.8, 4) is 0 Å². The smallest absolute Gasteiger partial charge is 0.261 e. The summed E-state index contributed by atoms with van der Waals surface area (Å²) in [7, 11) is 0.661. The third-order valence-corrected chi connectivity index (χ3v) is 2.54. The van der Waals surface area contributed by atoms with Crippen molar-refractivity contribution in [2.75, 3.05) is 6.61 Å². The number of aliphatic hydroxyl groups excluding tert-OH is 2. The van der Waals surface area contributed by atoms with E-state index >= 15 is 0 Å². The van der Waals surface area contributed by atoms with Gasteiger partial charge in [-0.1, -0.05) is 0 Å². The summed E-state index contributed by atoms with van der Waals surface area (Å²) in [5, 5.41) is 18.6. The molecule has 80 valence electrons. The molecular formula is C6H12BO6P. The summed E-state index contributed by atoms with van der Waals surface area (Å²) in [6, 6.07) is 0. The molecule has 1 heterocycles. The van der Waals surface area contributed by atoms with Crippen LogP contribution in [-0.2, 0) is 13.8 Å². The molecule has 1 rings (SSSR count). The predicted molar refractivity (Wildman–Crippen MR) is 47.9 cm³/mol. The molecule has 1 aliphatic heterocycles. The Morgan fingerprint density at radius 1 is 1.50 bits per heavy atom. The molecule has 2 unspecified atom stereocenters. The monoisotopic (exact) mass is 222 g/mol. The minimum atomic E-state index is -4.06. The van der Waals surface area contributed by atoms with Crippen molar-refractivity contribution in [3.63, 3.8) is 0 Å². The Hall–Kier alpha value is 0.0949. The lowest BCUT2D eigenvalue weighted by atomic mass is 10.1. The Balaban J connectivity index is 2.44. The van der Waals surface area contributed by atoms with Crippen molar-refractivity contribution >= 4 is 15.0 Å². The number of hydrogen-bond donors (Lipinski definition) is 3. The Labute approximate surface area is 82.7 Å². The zero-order valence-electron chi connectivity index (χ0n) is 7.61. The van der Waals surface area contributed by atoms with Crippen LogP contribution in [0.4, 0.5) is 0 Å². The Morgan fingerprint density at radius 2 is 2.07 bits per heavy atom. The molecule has 1 saturated heterocycles. The van der Waals surface area contributed by atoms with Crippen LogP contribution in [0, 0.1) is 0 Å². The Kier molecular flexibility index (Phi) is 3.74.